The zero-order valence-corrected chi connectivity index (χ0v) is 19.7. The quantitative estimate of drug-likeness (QED) is 0.561. The lowest BCUT2D eigenvalue weighted by Crippen LogP contribution is -2.33. The molecule has 0 aromatic heterocycles. The Labute approximate surface area is 183 Å². The molecule has 0 radical (unpaired) electrons. The van der Waals surface area contributed by atoms with Gasteiger partial charge in [-0.25, -0.2) is 16.8 Å². The largest absolute Gasteiger partial charge is 0.348 e. The molecule has 9 nitrogen and oxygen atoms in total. The predicted molar refractivity (Wildman–Crippen MR) is 116 cm³/mol. The molecule has 2 aromatic carbocycles. The first kappa shape index (κ1) is 25.0. The van der Waals surface area contributed by atoms with Crippen LogP contribution in [-0.2, 0) is 31.4 Å². The molecule has 0 aliphatic heterocycles. The van der Waals surface area contributed by atoms with Crippen LogP contribution in [0.5, 0.6) is 0 Å². The second-order valence-corrected chi connectivity index (χ2v) is 11.0. The summed E-state index contributed by atoms with van der Waals surface area (Å²) in [6.07, 6.45) is 0. The van der Waals surface area contributed by atoms with Crippen molar-refractivity contribution in [3.63, 3.8) is 0 Å². The SMILES string of the molecule is CON(C)S(=O)(=O)c1ccc(C(=O)NCc2ccc(S(=O)(=O)N(C)C(C)C)cc2)cc1. The number of sulfonamides is 2. The third kappa shape index (κ3) is 5.69. The molecule has 0 heterocycles. The van der Waals surface area contributed by atoms with Crippen LogP contribution in [0, 0.1) is 0 Å². The topological polar surface area (TPSA) is 113 Å². The molecule has 170 valence electrons. The number of carbonyl (C=O) groups excluding carboxylic acids is 1. The molecule has 11 heteroatoms. The van der Waals surface area contributed by atoms with Gasteiger partial charge in [-0.2, -0.15) is 4.31 Å². The van der Waals surface area contributed by atoms with Gasteiger partial charge in [0.15, 0.2) is 0 Å². The minimum absolute atomic E-state index is 0.00318. The van der Waals surface area contributed by atoms with Crippen LogP contribution in [0.25, 0.3) is 0 Å². The van der Waals surface area contributed by atoms with Crippen LogP contribution in [0.4, 0.5) is 0 Å². The molecule has 1 N–H and O–H groups in total. The highest BCUT2D eigenvalue weighted by molar-refractivity contribution is 7.89. The average molecular weight is 470 g/mol. The van der Waals surface area contributed by atoms with E-state index in [1.165, 1.54) is 61.9 Å². The first-order valence-electron chi connectivity index (χ1n) is 9.39. The van der Waals surface area contributed by atoms with E-state index >= 15 is 0 Å². The molecule has 0 saturated heterocycles. The van der Waals surface area contributed by atoms with E-state index < -0.39 is 20.0 Å². The lowest BCUT2D eigenvalue weighted by Gasteiger charge is -2.21. The van der Waals surface area contributed by atoms with Crippen molar-refractivity contribution in [2.45, 2.75) is 36.2 Å². The van der Waals surface area contributed by atoms with E-state index in [0.29, 0.717) is 0 Å². The van der Waals surface area contributed by atoms with Crippen molar-refractivity contribution in [1.82, 2.24) is 14.1 Å². The van der Waals surface area contributed by atoms with Crippen molar-refractivity contribution >= 4 is 26.0 Å². The molecule has 31 heavy (non-hydrogen) atoms. The second kappa shape index (κ2) is 9.88. The number of hydrogen-bond acceptors (Lipinski definition) is 6. The zero-order chi connectivity index (χ0) is 23.4. The minimum atomic E-state index is -3.79. The Bertz CT molecular complexity index is 1110. The van der Waals surface area contributed by atoms with Crippen molar-refractivity contribution in [3.05, 3.63) is 59.7 Å². The third-order valence-electron chi connectivity index (χ3n) is 4.79. The van der Waals surface area contributed by atoms with Crippen molar-refractivity contribution in [3.8, 4) is 0 Å². The van der Waals surface area contributed by atoms with Gasteiger partial charge in [-0.3, -0.25) is 9.63 Å². The lowest BCUT2D eigenvalue weighted by atomic mass is 10.2. The Balaban J connectivity index is 2.05. The molecule has 0 bridgehead atoms. The van der Waals surface area contributed by atoms with Gasteiger partial charge in [0.1, 0.15) is 0 Å². The van der Waals surface area contributed by atoms with Crippen molar-refractivity contribution < 1.29 is 26.5 Å². The summed E-state index contributed by atoms with van der Waals surface area (Å²) in [5.41, 5.74) is 1.01. The van der Waals surface area contributed by atoms with E-state index in [-0.39, 0.29) is 33.8 Å². The average Bonchev–Trinajstić information content (AvgIpc) is 2.76. The summed E-state index contributed by atoms with van der Waals surface area (Å²) in [7, 11) is -3.32. The van der Waals surface area contributed by atoms with E-state index in [2.05, 4.69) is 5.32 Å². The van der Waals surface area contributed by atoms with Gasteiger partial charge < -0.3 is 5.32 Å². The van der Waals surface area contributed by atoms with Gasteiger partial charge in [0.2, 0.25) is 10.0 Å². The van der Waals surface area contributed by atoms with Gasteiger partial charge in [0.05, 0.1) is 16.9 Å². The maximum Gasteiger partial charge on any atom is 0.264 e. The number of nitrogens with one attached hydrogen (secondary N) is 1. The summed E-state index contributed by atoms with van der Waals surface area (Å²) in [5.74, 6) is -0.389. The Hall–Kier alpha value is -2.31. The van der Waals surface area contributed by atoms with Gasteiger partial charge in [-0.1, -0.05) is 16.6 Å². The van der Waals surface area contributed by atoms with E-state index in [1.807, 2.05) is 0 Å². The van der Waals surface area contributed by atoms with E-state index in [9.17, 15) is 21.6 Å². The highest BCUT2D eigenvalue weighted by Crippen LogP contribution is 2.18. The summed E-state index contributed by atoms with van der Waals surface area (Å²) in [5, 5.41) is 2.72. The number of hydrogen-bond donors (Lipinski definition) is 1. The van der Waals surface area contributed by atoms with E-state index in [4.69, 9.17) is 4.84 Å². The Morgan fingerprint density at radius 1 is 0.903 bits per heavy atom. The molecule has 0 fully saturated rings. The number of benzene rings is 2. The van der Waals surface area contributed by atoms with Crippen LogP contribution >= 0.6 is 0 Å². The molecule has 0 saturated carbocycles. The molecule has 0 unspecified atom stereocenters. The maximum atomic E-state index is 12.5. The standard InChI is InChI=1S/C20H27N3O6S2/c1-15(2)22(3)30(25,26)18-10-6-16(7-11-18)14-21-20(24)17-8-12-19(13-9-17)31(27,28)23(4)29-5/h6-13,15H,14H2,1-5H3,(H,21,24). The molecule has 2 aromatic rings. The molecule has 1 amide bonds. The van der Waals surface area contributed by atoms with Crippen molar-refractivity contribution in [1.29, 1.82) is 0 Å². The zero-order valence-electron chi connectivity index (χ0n) is 18.1. The molecular formula is C20H27N3O6S2. The number of rotatable bonds is 9. The van der Waals surface area contributed by atoms with Gasteiger partial charge in [0.25, 0.3) is 15.9 Å². The third-order valence-corrected chi connectivity index (χ3v) is 8.53. The van der Waals surface area contributed by atoms with Gasteiger partial charge >= 0.3 is 0 Å². The van der Waals surface area contributed by atoms with Crippen molar-refractivity contribution in [2.24, 2.45) is 0 Å². The number of amides is 1. The summed E-state index contributed by atoms with van der Waals surface area (Å²) in [6, 6.07) is 11.6. The summed E-state index contributed by atoms with van der Waals surface area (Å²) in [6.45, 7) is 3.77. The normalized spacial score (nSPS) is 12.5. The molecule has 0 atom stereocenters. The fourth-order valence-corrected chi connectivity index (χ4v) is 4.87. The predicted octanol–water partition coefficient (Wildman–Crippen LogP) is 1.83. The van der Waals surface area contributed by atoms with Crippen LogP contribution in [0.15, 0.2) is 58.3 Å². The maximum absolute atomic E-state index is 12.5. The molecular weight excluding hydrogens is 442 g/mol. The van der Waals surface area contributed by atoms with Gasteiger partial charge in [-0.05, 0) is 55.8 Å². The first-order chi connectivity index (χ1) is 14.4. The van der Waals surface area contributed by atoms with Gasteiger partial charge in [-0.15, -0.1) is 0 Å². The van der Waals surface area contributed by atoms with Crippen LogP contribution in [0.2, 0.25) is 0 Å². The Kier molecular flexibility index (Phi) is 7.95. The lowest BCUT2D eigenvalue weighted by molar-refractivity contribution is -0.0258. The van der Waals surface area contributed by atoms with Crippen LogP contribution < -0.4 is 5.32 Å². The Morgan fingerprint density at radius 2 is 1.39 bits per heavy atom. The highest BCUT2D eigenvalue weighted by Gasteiger charge is 2.23. The number of nitrogens with zero attached hydrogens (tertiary/aromatic N) is 2. The van der Waals surface area contributed by atoms with Gasteiger partial charge in [0, 0.05) is 32.2 Å². The van der Waals surface area contributed by atoms with Crippen LogP contribution in [-0.4, -0.2) is 58.8 Å². The highest BCUT2D eigenvalue weighted by atomic mass is 32.2. The molecule has 2 rings (SSSR count). The smallest absolute Gasteiger partial charge is 0.264 e. The van der Waals surface area contributed by atoms with Crippen LogP contribution in [0.1, 0.15) is 29.8 Å². The molecule has 0 aliphatic rings. The molecule has 0 aliphatic carbocycles. The Morgan fingerprint density at radius 3 is 1.87 bits per heavy atom. The van der Waals surface area contributed by atoms with E-state index in [1.54, 1.807) is 26.0 Å². The minimum Gasteiger partial charge on any atom is -0.348 e. The summed E-state index contributed by atoms with van der Waals surface area (Å²) in [4.78, 5) is 17.2. The fraction of sp³-hybridized carbons (Fsp3) is 0.350. The van der Waals surface area contributed by atoms with Crippen LogP contribution in [0.3, 0.4) is 0 Å². The molecule has 0 spiro atoms. The summed E-state index contributed by atoms with van der Waals surface area (Å²) < 4.78 is 51.4. The first-order valence-corrected chi connectivity index (χ1v) is 12.3. The second-order valence-electron chi connectivity index (χ2n) is 7.06. The number of carbonyl (C=O) groups is 1. The monoisotopic (exact) mass is 469 g/mol. The number of hydroxylamine groups is 1. The fourth-order valence-electron chi connectivity index (χ4n) is 2.53. The van der Waals surface area contributed by atoms with Crippen molar-refractivity contribution in [2.75, 3.05) is 21.2 Å². The van der Waals surface area contributed by atoms with E-state index in [0.717, 1.165) is 10.0 Å². The summed E-state index contributed by atoms with van der Waals surface area (Å²) >= 11 is 0.